The summed E-state index contributed by atoms with van der Waals surface area (Å²) in [6.07, 6.45) is 0. The highest BCUT2D eigenvalue weighted by atomic mass is 33.1. The Morgan fingerprint density at radius 3 is 2.12 bits per heavy atom. The van der Waals surface area contributed by atoms with Crippen LogP contribution in [0.15, 0.2) is 0 Å². The van der Waals surface area contributed by atoms with E-state index in [9.17, 15) is 0 Å². The molecule has 0 saturated carbocycles. The van der Waals surface area contributed by atoms with Gasteiger partial charge in [0.1, 0.15) is 0 Å². The van der Waals surface area contributed by atoms with Gasteiger partial charge in [-0.15, -0.1) is 0 Å². The number of hydrogen-bond acceptors (Lipinski definition) is 3. The molecule has 0 aliphatic carbocycles. The number of thiol groups is 1. The summed E-state index contributed by atoms with van der Waals surface area (Å²) in [5.74, 6) is 0. The zero-order valence-corrected chi connectivity index (χ0v) is 7.30. The van der Waals surface area contributed by atoms with Gasteiger partial charge in [0.25, 0.3) is 0 Å². The molecule has 0 aliphatic heterocycles. The highest BCUT2D eigenvalue weighted by molar-refractivity contribution is 8.67. The molecule has 0 unspecified atom stereocenters. The zero-order valence-electron chi connectivity index (χ0n) is 5.59. The van der Waals surface area contributed by atoms with E-state index >= 15 is 0 Å². The second kappa shape index (κ2) is 4.53. The van der Waals surface area contributed by atoms with Crippen LogP contribution in [0.5, 0.6) is 0 Å². The van der Waals surface area contributed by atoms with E-state index in [1.807, 2.05) is 0 Å². The van der Waals surface area contributed by atoms with Crippen molar-refractivity contribution in [3.8, 4) is 0 Å². The van der Waals surface area contributed by atoms with Crippen molar-refractivity contribution in [2.75, 3.05) is 6.54 Å². The molecule has 0 N–H and O–H groups in total. The van der Waals surface area contributed by atoms with Crippen molar-refractivity contribution in [2.24, 2.45) is 0 Å². The molecular formula is C5H13NS2. The van der Waals surface area contributed by atoms with Crippen LogP contribution in [0.1, 0.15) is 20.8 Å². The second-order valence-corrected chi connectivity index (χ2v) is 3.03. The highest BCUT2D eigenvalue weighted by Gasteiger charge is 2.02. The Morgan fingerprint density at radius 2 is 2.12 bits per heavy atom. The fraction of sp³-hybridized carbons (Fsp3) is 1.00. The van der Waals surface area contributed by atoms with Crippen LogP contribution < -0.4 is 0 Å². The quantitative estimate of drug-likeness (QED) is 0.374. The van der Waals surface area contributed by atoms with Gasteiger partial charge in [-0.1, -0.05) is 18.6 Å². The van der Waals surface area contributed by atoms with E-state index in [4.69, 9.17) is 0 Å². The van der Waals surface area contributed by atoms with Crippen LogP contribution in [-0.2, 0) is 0 Å². The van der Waals surface area contributed by atoms with E-state index in [0.29, 0.717) is 6.04 Å². The monoisotopic (exact) mass is 151 g/mol. The molecule has 0 aromatic carbocycles. The highest BCUT2D eigenvalue weighted by Crippen LogP contribution is 2.15. The Labute approximate surface area is 60.8 Å². The third-order valence-electron chi connectivity index (χ3n) is 0.993. The Kier molecular flexibility index (Phi) is 4.90. The molecule has 0 aliphatic rings. The molecule has 0 saturated heterocycles. The van der Waals surface area contributed by atoms with Crippen molar-refractivity contribution in [2.45, 2.75) is 26.8 Å². The maximum Gasteiger partial charge on any atom is 0.0153 e. The van der Waals surface area contributed by atoms with Crippen molar-refractivity contribution in [1.82, 2.24) is 4.31 Å². The lowest BCUT2D eigenvalue weighted by Gasteiger charge is -2.19. The van der Waals surface area contributed by atoms with Gasteiger partial charge in [-0.05, 0) is 24.8 Å². The topological polar surface area (TPSA) is 3.24 Å². The Morgan fingerprint density at radius 1 is 1.62 bits per heavy atom. The van der Waals surface area contributed by atoms with E-state index in [1.165, 1.54) is 11.0 Å². The predicted molar refractivity (Wildman–Crippen MR) is 44.1 cm³/mol. The van der Waals surface area contributed by atoms with Gasteiger partial charge in [0.05, 0.1) is 0 Å². The minimum Gasteiger partial charge on any atom is -0.239 e. The maximum absolute atomic E-state index is 4.08. The number of hydrogen-bond donors (Lipinski definition) is 1. The third-order valence-corrected chi connectivity index (χ3v) is 2.51. The zero-order chi connectivity index (χ0) is 6.57. The first-order chi connectivity index (χ1) is 3.72. The fourth-order valence-electron chi connectivity index (χ4n) is 0.517. The molecule has 0 rings (SSSR count). The summed E-state index contributed by atoms with van der Waals surface area (Å²) in [5, 5.41) is 0. The molecule has 0 aromatic heterocycles. The summed E-state index contributed by atoms with van der Waals surface area (Å²) in [4.78, 5) is 0. The summed E-state index contributed by atoms with van der Waals surface area (Å²) in [6, 6.07) is 0.600. The van der Waals surface area contributed by atoms with Crippen molar-refractivity contribution >= 4 is 22.6 Å². The fourth-order valence-corrected chi connectivity index (χ4v) is 1.73. The van der Waals surface area contributed by atoms with Crippen LogP contribution in [-0.4, -0.2) is 16.9 Å². The van der Waals surface area contributed by atoms with Gasteiger partial charge in [-0.2, -0.15) is 0 Å². The molecule has 0 bridgehead atoms. The van der Waals surface area contributed by atoms with Crippen molar-refractivity contribution < 1.29 is 0 Å². The molecule has 50 valence electrons. The second-order valence-electron chi connectivity index (χ2n) is 1.91. The van der Waals surface area contributed by atoms with Crippen molar-refractivity contribution in [3.63, 3.8) is 0 Å². The smallest absolute Gasteiger partial charge is 0.0153 e. The van der Waals surface area contributed by atoms with E-state index in [-0.39, 0.29) is 0 Å². The van der Waals surface area contributed by atoms with Crippen LogP contribution in [0, 0.1) is 0 Å². The summed E-state index contributed by atoms with van der Waals surface area (Å²) < 4.78 is 2.20. The summed E-state index contributed by atoms with van der Waals surface area (Å²) in [7, 11) is 1.51. The Balaban J connectivity index is 3.35. The van der Waals surface area contributed by atoms with Gasteiger partial charge in [0.15, 0.2) is 0 Å². The lowest BCUT2D eigenvalue weighted by atomic mass is 10.4. The molecule has 0 spiro atoms. The Hall–Kier alpha value is 0.660. The first-order valence-corrected chi connectivity index (χ1v) is 4.63. The minimum atomic E-state index is 0.600. The summed E-state index contributed by atoms with van der Waals surface area (Å²) >= 11 is 4.08. The molecule has 3 heteroatoms. The van der Waals surface area contributed by atoms with Crippen molar-refractivity contribution in [1.29, 1.82) is 0 Å². The standard InChI is InChI=1S/C5H13NS2/c1-4-6(8-7)5(2)3/h5,7H,4H2,1-3H3. The van der Waals surface area contributed by atoms with E-state index in [1.54, 1.807) is 0 Å². The lowest BCUT2D eigenvalue weighted by Crippen LogP contribution is -2.21. The molecule has 8 heavy (non-hydrogen) atoms. The van der Waals surface area contributed by atoms with Gasteiger partial charge in [0, 0.05) is 12.6 Å². The number of nitrogens with zero attached hydrogens (tertiary/aromatic N) is 1. The molecular weight excluding hydrogens is 138 g/mol. The molecule has 0 aromatic rings. The number of rotatable bonds is 3. The summed E-state index contributed by atoms with van der Waals surface area (Å²) in [6.45, 7) is 7.51. The van der Waals surface area contributed by atoms with Crippen LogP contribution in [0.4, 0.5) is 0 Å². The molecule has 0 fully saturated rings. The average Bonchev–Trinajstić information content (AvgIpc) is 1.69. The molecule has 0 heterocycles. The van der Waals surface area contributed by atoms with E-state index in [2.05, 4.69) is 36.7 Å². The largest absolute Gasteiger partial charge is 0.239 e. The lowest BCUT2D eigenvalue weighted by molar-refractivity contribution is 0.420. The van der Waals surface area contributed by atoms with Gasteiger partial charge >= 0.3 is 0 Å². The van der Waals surface area contributed by atoms with Crippen LogP contribution in [0.2, 0.25) is 0 Å². The molecule has 0 radical (unpaired) electrons. The normalized spacial score (nSPS) is 11.2. The van der Waals surface area contributed by atoms with Crippen LogP contribution in [0.3, 0.4) is 0 Å². The maximum atomic E-state index is 4.08. The first kappa shape index (κ1) is 8.66. The van der Waals surface area contributed by atoms with E-state index in [0.717, 1.165) is 6.54 Å². The predicted octanol–water partition coefficient (Wildman–Crippen LogP) is 2.21. The minimum absolute atomic E-state index is 0.600. The van der Waals surface area contributed by atoms with Gasteiger partial charge in [-0.3, -0.25) is 0 Å². The SMILES string of the molecule is CCN(SS)C(C)C. The van der Waals surface area contributed by atoms with Gasteiger partial charge < -0.3 is 0 Å². The van der Waals surface area contributed by atoms with Crippen LogP contribution in [0.25, 0.3) is 0 Å². The Bertz CT molecular complexity index is 52.4. The molecule has 0 amide bonds. The van der Waals surface area contributed by atoms with Gasteiger partial charge in [-0.25, -0.2) is 4.31 Å². The average molecular weight is 151 g/mol. The van der Waals surface area contributed by atoms with Crippen LogP contribution >= 0.6 is 22.6 Å². The molecule has 1 nitrogen and oxygen atoms in total. The first-order valence-electron chi connectivity index (χ1n) is 2.80. The van der Waals surface area contributed by atoms with Crippen molar-refractivity contribution in [3.05, 3.63) is 0 Å². The summed E-state index contributed by atoms with van der Waals surface area (Å²) in [5.41, 5.74) is 0. The van der Waals surface area contributed by atoms with Gasteiger partial charge in [0.2, 0.25) is 0 Å². The van der Waals surface area contributed by atoms with E-state index < -0.39 is 0 Å². The molecule has 0 atom stereocenters. The third kappa shape index (κ3) is 2.84.